The lowest BCUT2D eigenvalue weighted by Crippen LogP contribution is -2.70. The maximum absolute atomic E-state index is 13.6. The number of aliphatic hydroxyl groups is 15. The number of nitrogens with zero attached hydrogens (tertiary/aromatic N) is 1. The van der Waals surface area contributed by atoms with E-state index in [2.05, 4.69) is 10.6 Å². The molecule has 0 aromatic heterocycles. The SMILES string of the molecule is COC(O[C@@H]1C(CO)O[C@@H](N(C)OCCOCCN)C(O)C1O)C(O)C(O[C@]1(C(=O)O)CC(O)[C@@H](NC(C)=O)C([C@H](O)[C@H](O)CO)O1)[C@H](CCO)O[C@@H]1OC(CO)[C@H](O)C(O[C@@H]2OC(CO)[C@H](O)C(O)C2O)C1NC(C)=O. The molecule has 34 heteroatoms. The number of rotatable bonds is 30. The maximum Gasteiger partial charge on any atom is 0.364 e. The molecule has 4 aliphatic heterocycles. The zero-order chi connectivity index (χ0) is 57.6. The molecule has 4 heterocycles. The zero-order valence-corrected chi connectivity index (χ0v) is 42.5. The van der Waals surface area contributed by atoms with Crippen molar-refractivity contribution in [3.8, 4) is 0 Å². The minimum Gasteiger partial charge on any atom is -0.477 e. The lowest BCUT2D eigenvalue weighted by Gasteiger charge is -2.50. The highest BCUT2D eigenvalue weighted by atomic mass is 16.8. The van der Waals surface area contributed by atoms with E-state index in [0.29, 0.717) is 0 Å². The largest absolute Gasteiger partial charge is 0.477 e. The molecule has 450 valence electrons. The molecule has 0 aliphatic carbocycles. The van der Waals surface area contributed by atoms with E-state index in [4.69, 9.17) is 57.9 Å². The van der Waals surface area contributed by atoms with Gasteiger partial charge in [-0.3, -0.25) is 14.4 Å². The topological polar surface area (TPSA) is 530 Å². The van der Waals surface area contributed by atoms with Crippen molar-refractivity contribution in [2.24, 2.45) is 5.73 Å². The molecule has 4 fully saturated rings. The number of hydrogen-bond donors (Lipinski definition) is 19. The van der Waals surface area contributed by atoms with Crippen LogP contribution in [0.15, 0.2) is 0 Å². The van der Waals surface area contributed by atoms with Crippen molar-refractivity contribution in [2.45, 2.75) is 180 Å². The quantitative estimate of drug-likeness (QED) is 0.0180. The van der Waals surface area contributed by atoms with Gasteiger partial charge >= 0.3 is 5.97 Å². The van der Waals surface area contributed by atoms with Crippen LogP contribution >= 0.6 is 0 Å². The van der Waals surface area contributed by atoms with Crippen LogP contribution in [0, 0.1) is 0 Å². The molecule has 0 radical (unpaired) electrons. The van der Waals surface area contributed by atoms with Gasteiger partial charge in [-0.1, -0.05) is 0 Å². The summed E-state index contributed by atoms with van der Waals surface area (Å²) in [6, 6.07) is -3.60. The van der Waals surface area contributed by atoms with Crippen LogP contribution in [0.25, 0.3) is 0 Å². The number of likely N-dealkylation sites (N-methyl/N-ethyl adjacent to an activating group) is 1. The van der Waals surface area contributed by atoms with Crippen LogP contribution in [0.5, 0.6) is 0 Å². The molecular formula is C43H78N4O30. The second kappa shape index (κ2) is 30.9. The van der Waals surface area contributed by atoms with Crippen molar-refractivity contribution >= 4 is 17.8 Å². The Kier molecular flexibility index (Phi) is 26.8. The average Bonchev–Trinajstić information content (AvgIpc) is 3.39. The molecule has 4 rings (SSSR count). The summed E-state index contributed by atoms with van der Waals surface area (Å²) in [5, 5.41) is 179. The molecule has 0 aromatic carbocycles. The third-order valence-electron chi connectivity index (χ3n) is 13.1. The van der Waals surface area contributed by atoms with Gasteiger partial charge in [-0.25, -0.2) is 4.79 Å². The van der Waals surface area contributed by atoms with Crippen molar-refractivity contribution in [1.82, 2.24) is 15.7 Å². The number of aliphatic carboxylic acids is 1. The molecule has 0 saturated carbocycles. The van der Waals surface area contributed by atoms with E-state index in [1.165, 1.54) is 7.05 Å². The highest BCUT2D eigenvalue weighted by molar-refractivity contribution is 5.76. The summed E-state index contributed by atoms with van der Waals surface area (Å²) in [4.78, 5) is 44.3. The van der Waals surface area contributed by atoms with Crippen LogP contribution < -0.4 is 16.4 Å². The second-order valence-corrected chi connectivity index (χ2v) is 18.6. The lowest BCUT2D eigenvalue weighted by molar-refractivity contribution is -0.373. The molecule has 34 nitrogen and oxygen atoms in total. The van der Waals surface area contributed by atoms with E-state index >= 15 is 0 Å². The number of carboxylic acid groups (broad SMARTS) is 1. The van der Waals surface area contributed by atoms with Gasteiger partial charge in [0, 0.05) is 47.6 Å². The molecule has 4 saturated heterocycles. The first-order valence-corrected chi connectivity index (χ1v) is 24.5. The van der Waals surface area contributed by atoms with Gasteiger partial charge in [-0.2, -0.15) is 5.06 Å². The second-order valence-electron chi connectivity index (χ2n) is 18.6. The zero-order valence-electron chi connectivity index (χ0n) is 42.5. The summed E-state index contributed by atoms with van der Waals surface area (Å²) in [5.41, 5.74) is 5.42. The number of hydrogen-bond acceptors (Lipinski definition) is 31. The number of ether oxygens (including phenoxy) is 10. The van der Waals surface area contributed by atoms with Gasteiger partial charge < -0.3 is 145 Å². The first-order valence-electron chi connectivity index (χ1n) is 24.5. The Morgan fingerprint density at radius 1 is 0.740 bits per heavy atom. The van der Waals surface area contributed by atoms with Crippen LogP contribution in [0.1, 0.15) is 26.7 Å². The molecular weight excluding hydrogens is 1050 g/mol. The van der Waals surface area contributed by atoms with Crippen molar-refractivity contribution in [3.63, 3.8) is 0 Å². The standard InChI is InChI=1S/C43H78N4O30/c1-16(53)45-24-18(55)11-43(42(65)66,77-37(24)26(57)19(56)12-49)76-35(33(64)40(67-4)74-34-23(15-52)70-38(31(62)30(34)61)47(3)69-10-9-68-8-6-44)20(5-7-48)71-39-25(46-17(2)54)36(28(59)22(14-51)72-39)75-41-32(63)29(60)27(58)21(13-50)73-41/h18-41,48-52,55-64H,5-15,44H2,1-4H3,(H,45,53)(H,46,54)(H,65,66)/t18?,19-,20+,21?,22?,23?,24-,25?,26-,27+,28+,29?,30?,31?,32?,33?,34-,35?,36?,37?,38-,39-,40?,41+,43-/m1/s1. The van der Waals surface area contributed by atoms with Gasteiger partial charge in [0.25, 0.3) is 5.79 Å². The number of carbonyl (C=O) groups is 3. The molecule has 20 N–H and O–H groups in total. The number of amides is 2. The minimum atomic E-state index is -3.36. The van der Waals surface area contributed by atoms with Crippen LogP contribution in [0.4, 0.5) is 0 Å². The number of aliphatic hydroxyl groups excluding tert-OH is 15. The molecule has 2 amide bonds. The summed E-state index contributed by atoms with van der Waals surface area (Å²) in [5.74, 6) is -7.27. The first kappa shape index (κ1) is 66.8. The molecule has 25 atom stereocenters. The van der Waals surface area contributed by atoms with Crippen LogP contribution in [0.3, 0.4) is 0 Å². The van der Waals surface area contributed by atoms with Crippen molar-refractivity contribution < 1.29 is 148 Å². The van der Waals surface area contributed by atoms with Gasteiger partial charge in [0.05, 0.1) is 64.5 Å². The lowest BCUT2D eigenvalue weighted by atomic mass is 9.88. The van der Waals surface area contributed by atoms with Crippen LogP contribution in [-0.4, -0.2) is 331 Å². The first-order chi connectivity index (χ1) is 36.4. The third-order valence-corrected chi connectivity index (χ3v) is 13.1. The average molecular weight is 1130 g/mol. The van der Waals surface area contributed by atoms with Crippen molar-refractivity contribution in [1.29, 1.82) is 0 Å². The minimum absolute atomic E-state index is 0.0514. The molecule has 0 aromatic rings. The number of hydroxylamine groups is 2. The van der Waals surface area contributed by atoms with Gasteiger partial charge in [0.15, 0.2) is 25.1 Å². The number of carboxylic acids is 1. The molecule has 0 bridgehead atoms. The maximum atomic E-state index is 13.6. The Balaban J connectivity index is 1.85. The summed E-state index contributed by atoms with van der Waals surface area (Å²) in [6.07, 6.45) is -46.5. The number of nitrogens with one attached hydrogen (secondary N) is 2. The fourth-order valence-electron chi connectivity index (χ4n) is 9.13. The highest BCUT2D eigenvalue weighted by Crippen LogP contribution is 2.39. The molecule has 4 aliphatic rings. The number of nitrogens with two attached hydrogens (primary N) is 1. The normalized spacial score (nSPS) is 38.3. The highest BCUT2D eigenvalue weighted by Gasteiger charge is 2.60. The molecule has 77 heavy (non-hydrogen) atoms. The number of methoxy groups -OCH3 is 1. The molecule has 0 spiro atoms. The van der Waals surface area contributed by atoms with Crippen molar-refractivity contribution in [3.05, 3.63) is 0 Å². The van der Waals surface area contributed by atoms with Crippen LogP contribution in [-0.2, 0) is 66.6 Å². The van der Waals surface area contributed by atoms with E-state index in [1.807, 2.05) is 0 Å². The fourth-order valence-corrected chi connectivity index (χ4v) is 9.13. The Morgan fingerprint density at radius 3 is 1.91 bits per heavy atom. The Hall–Kier alpha value is -2.71. The Bertz CT molecular complexity index is 1790. The van der Waals surface area contributed by atoms with E-state index in [9.17, 15) is 96.1 Å². The monoisotopic (exact) mass is 1130 g/mol. The summed E-state index contributed by atoms with van der Waals surface area (Å²) < 4.78 is 58.0. The van der Waals surface area contributed by atoms with E-state index in [-0.39, 0.29) is 26.4 Å². The Morgan fingerprint density at radius 2 is 1.35 bits per heavy atom. The van der Waals surface area contributed by atoms with Gasteiger partial charge in [0.2, 0.25) is 11.8 Å². The van der Waals surface area contributed by atoms with E-state index in [1.54, 1.807) is 0 Å². The predicted octanol–water partition coefficient (Wildman–Crippen LogP) is -11.9. The summed E-state index contributed by atoms with van der Waals surface area (Å²) >= 11 is 0. The third kappa shape index (κ3) is 16.5. The molecule has 14 unspecified atom stereocenters. The van der Waals surface area contributed by atoms with Crippen molar-refractivity contribution in [2.75, 3.05) is 73.6 Å². The van der Waals surface area contributed by atoms with Gasteiger partial charge in [0.1, 0.15) is 104 Å². The number of carbonyl (C=O) groups excluding carboxylic acids is 2. The summed E-state index contributed by atoms with van der Waals surface area (Å²) in [6.45, 7) is -2.77. The summed E-state index contributed by atoms with van der Waals surface area (Å²) in [7, 11) is 2.23. The van der Waals surface area contributed by atoms with E-state index in [0.717, 1.165) is 26.0 Å². The van der Waals surface area contributed by atoms with Crippen LogP contribution in [0.2, 0.25) is 0 Å². The van der Waals surface area contributed by atoms with Gasteiger partial charge in [-0.05, 0) is 6.42 Å². The predicted molar refractivity (Wildman–Crippen MR) is 245 cm³/mol. The Labute approximate surface area is 440 Å². The van der Waals surface area contributed by atoms with Gasteiger partial charge in [-0.15, -0.1) is 0 Å². The fraction of sp³-hybridized carbons (Fsp3) is 0.930. The van der Waals surface area contributed by atoms with E-state index < -0.39 is 216 Å². The smallest absolute Gasteiger partial charge is 0.364 e.